The molecule has 0 aliphatic carbocycles. The lowest BCUT2D eigenvalue weighted by molar-refractivity contribution is 0.0705. The highest BCUT2D eigenvalue weighted by atomic mass is 16.2. The third-order valence-corrected chi connectivity index (χ3v) is 5.14. The van der Waals surface area contributed by atoms with Crippen LogP contribution in [0.4, 0.5) is 0 Å². The molecule has 0 unspecified atom stereocenters. The molecule has 1 amide bonds. The second kappa shape index (κ2) is 7.23. The van der Waals surface area contributed by atoms with E-state index < -0.39 is 0 Å². The van der Waals surface area contributed by atoms with Gasteiger partial charge in [0.25, 0.3) is 5.91 Å². The van der Waals surface area contributed by atoms with Crippen LogP contribution in [-0.4, -0.2) is 46.8 Å². The second-order valence-corrected chi connectivity index (χ2v) is 8.28. The highest BCUT2D eigenvalue weighted by Crippen LogP contribution is 2.27. The molecule has 5 nitrogen and oxygen atoms in total. The molecule has 26 heavy (non-hydrogen) atoms. The van der Waals surface area contributed by atoms with Crippen LogP contribution >= 0.6 is 0 Å². The van der Waals surface area contributed by atoms with Crippen LogP contribution in [0.2, 0.25) is 0 Å². The van der Waals surface area contributed by atoms with Crippen molar-refractivity contribution in [3.63, 3.8) is 0 Å². The van der Waals surface area contributed by atoms with Crippen LogP contribution in [0.25, 0.3) is 5.69 Å². The Morgan fingerprint density at radius 1 is 1.15 bits per heavy atom. The summed E-state index contributed by atoms with van der Waals surface area (Å²) < 4.78 is 1.84. The number of carbonyl (C=O) groups is 1. The maximum Gasteiger partial charge on any atom is 0.257 e. The highest BCUT2D eigenvalue weighted by Gasteiger charge is 2.30. The molecule has 1 aliphatic rings. The van der Waals surface area contributed by atoms with Crippen molar-refractivity contribution >= 4 is 5.91 Å². The van der Waals surface area contributed by atoms with E-state index in [9.17, 15) is 4.79 Å². The Labute approximate surface area is 156 Å². The highest BCUT2D eigenvalue weighted by molar-refractivity contribution is 5.95. The molecule has 5 heteroatoms. The van der Waals surface area contributed by atoms with E-state index in [1.54, 1.807) is 0 Å². The Kier molecular flexibility index (Phi) is 5.19. The molecule has 2 aromatic rings. The Hall–Kier alpha value is -2.14. The normalized spacial score (nSPS) is 16.1. The van der Waals surface area contributed by atoms with Crippen LogP contribution < -0.4 is 5.32 Å². The molecule has 0 atom stereocenters. The number of amides is 1. The summed E-state index contributed by atoms with van der Waals surface area (Å²) in [6.07, 6.45) is 3.90. The van der Waals surface area contributed by atoms with E-state index in [-0.39, 0.29) is 11.3 Å². The minimum Gasteiger partial charge on any atom is -0.338 e. The van der Waals surface area contributed by atoms with Crippen LogP contribution in [0, 0.1) is 6.92 Å². The van der Waals surface area contributed by atoms with E-state index in [0.29, 0.717) is 6.04 Å². The van der Waals surface area contributed by atoms with Gasteiger partial charge in [0.1, 0.15) is 0 Å². The number of piperidine rings is 1. The summed E-state index contributed by atoms with van der Waals surface area (Å²) in [6, 6.07) is 8.73. The van der Waals surface area contributed by atoms with Crippen LogP contribution in [0.15, 0.2) is 30.5 Å². The number of carbonyl (C=O) groups excluding carboxylic acids is 1. The van der Waals surface area contributed by atoms with Gasteiger partial charge >= 0.3 is 0 Å². The second-order valence-electron chi connectivity index (χ2n) is 8.28. The van der Waals surface area contributed by atoms with Gasteiger partial charge in [-0.2, -0.15) is 5.10 Å². The number of rotatable bonds is 3. The zero-order valence-electron chi connectivity index (χ0n) is 16.5. The maximum absolute atomic E-state index is 13.2. The van der Waals surface area contributed by atoms with E-state index in [4.69, 9.17) is 5.10 Å². The van der Waals surface area contributed by atoms with Gasteiger partial charge < -0.3 is 10.2 Å². The van der Waals surface area contributed by atoms with Crippen molar-refractivity contribution in [2.75, 3.05) is 20.1 Å². The lowest BCUT2D eigenvalue weighted by Crippen LogP contribution is -2.44. The van der Waals surface area contributed by atoms with Gasteiger partial charge in [-0.25, -0.2) is 4.68 Å². The van der Waals surface area contributed by atoms with E-state index in [1.807, 2.05) is 35.0 Å². The molecule has 1 N–H and O–H groups in total. The quantitative estimate of drug-likeness (QED) is 0.920. The molecule has 1 fully saturated rings. The molecule has 1 saturated heterocycles. The Morgan fingerprint density at radius 3 is 2.31 bits per heavy atom. The van der Waals surface area contributed by atoms with E-state index in [2.05, 4.69) is 45.1 Å². The molecule has 0 bridgehead atoms. The first-order valence-electron chi connectivity index (χ1n) is 9.43. The van der Waals surface area contributed by atoms with Crippen LogP contribution in [0.3, 0.4) is 0 Å². The summed E-state index contributed by atoms with van der Waals surface area (Å²) >= 11 is 0. The molecule has 0 radical (unpaired) electrons. The third kappa shape index (κ3) is 3.83. The number of aromatic nitrogens is 2. The zero-order valence-corrected chi connectivity index (χ0v) is 16.5. The summed E-state index contributed by atoms with van der Waals surface area (Å²) in [6.45, 7) is 9.99. The number of hydrogen-bond acceptors (Lipinski definition) is 3. The standard InChI is InChI=1S/C21H30N4O/c1-15-6-8-17(9-7-15)25-14-18(19(23-25)21(2,3)4)20(26)24-12-10-16(22-5)11-13-24/h6-9,14,16,22H,10-13H2,1-5H3. The van der Waals surface area contributed by atoms with E-state index >= 15 is 0 Å². The molecule has 1 aliphatic heterocycles. The first kappa shape index (κ1) is 18.6. The van der Waals surface area contributed by atoms with Crippen LogP contribution in [-0.2, 0) is 5.41 Å². The Balaban J connectivity index is 1.92. The molecule has 0 spiro atoms. The smallest absolute Gasteiger partial charge is 0.257 e. The fourth-order valence-corrected chi connectivity index (χ4v) is 3.46. The van der Waals surface area contributed by atoms with Gasteiger partial charge in [0, 0.05) is 30.7 Å². The lowest BCUT2D eigenvalue weighted by Gasteiger charge is -2.32. The first-order chi connectivity index (χ1) is 12.3. The van der Waals surface area contributed by atoms with Gasteiger partial charge in [-0.15, -0.1) is 0 Å². The molecule has 3 rings (SSSR count). The molecule has 0 saturated carbocycles. The minimum atomic E-state index is -0.190. The summed E-state index contributed by atoms with van der Waals surface area (Å²) in [4.78, 5) is 15.2. The van der Waals surface area contributed by atoms with Crippen molar-refractivity contribution in [2.45, 2.75) is 52.0 Å². The fraction of sp³-hybridized carbons (Fsp3) is 0.524. The van der Waals surface area contributed by atoms with Crippen molar-refractivity contribution in [1.82, 2.24) is 20.0 Å². The van der Waals surface area contributed by atoms with Gasteiger partial charge in [0.2, 0.25) is 0 Å². The summed E-state index contributed by atoms with van der Waals surface area (Å²) in [5.41, 5.74) is 3.58. The van der Waals surface area contributed by atoms with Crippen molar-refractivity contribution in [1.29, 1.82) is 0 Å². The Bertz CT molecular complexity index is 762. The molecule has 2 heterocycles. The van der Waals surface area contributed by atoms with Gasteiger partial charge in [0.15, 0.2) is 0 Å². The number of hydrogen-bond donors (Lipinski definition) is 1. The van der Waals surface area contributed by atoms with Gasteiger partial charge in [0.05, 0.1) is 16.9 Å². The van der Waals surface area contributed by atoms with Crippen molar-refractivity contribution in [2.24, 2.45) is 0 Å². The predicted octanol–water partition coefficient (Wildman–Crippen LogP) is 3.30. The number of nitrogens with zero attached hydrogens (tertiary/aromatic N) is 3. The average molecular weight is 354 g/mol. The SMILES string of the molecule is CNC1CCN(C(=O)c2cn(-c3ccc(C)cc3)nc2C(C)(C)C)CC1. The van der Waals surface area contributed by atoms with E-state index in [1.165, 1.54) is 5.56 Å². The third-order valence-electron chi connectivity index (χ3n) is 5.14. The number of likely N-dealkylation sites (tertiary alicyclic amines) is 1. The van der Waals surface area contributed by atoms with Gasteiger partial charge in [-0.05, 0) is 38.9 Å². The summed E-state index contributed by atoms with van der Waals surface area (Å²) in [5, 5.41) is 8.10. The van der Waals surface area contributed by atoms with Gasteiger partial charge in [-0.1, -0.05) is 38.5 Å². The Morgan fingerprint density at radius 2 is 1.77 bits per heavy atom. The molecule has 1 aromatic heterocycles. The minimum absolute atomic E-state index is 0.0999. The molecular weight excluding hydrogens is 324 g/mol. The lowest BCUT2D eigenvalue weighted by atomic mass is 9.89. The van der Waals surface area contributed by atoms with Crippen LogP contribution in [0.1, 0.15) is 55.2 Å². The summed E-state index contributed by atoms with van der Waals surface area (Å²) in [5.74, 6) is 0.0999. The number of nitrogens with one attached hydrogen (secondary N) is 1. The van der Waals surface area contributed by atoms with Gasteiger partial charge in [-0.3, -0.25) is 4.79 Å². The first-order valence-corrected chi connectivity index (χ1v) is 9.43. The largest absolute Gasteiger partial charge is 0.338 e. The fourth-order valence-electron chi connectivity index (χ4n) is 3.46. The topological polar surface area (TPSA) is 50.2 Å². The van der Waals surface area contributed by atoms with E-state index in [0.717, 1.165) is 42.9 Å². The zero-order chi connectivity index (χ0) is 18.9. The number of aryl methyl sites for hydroxylation is 1. The average Bonchev–Trinajstić information content (AvgIpc) is 3.07. The monoisotopic (exact) mass is 354 g/mol. The number of benzene rings is 1. The van der Waals surface area contributed by atoms with Crippen molar-refractivity contribution < 1.29 is 4.79 Å². The summed E-state index contributed by atoms with van der Waals surface area (Å²) in [7, 11) is 1.99. The van der Waals surface area contributed by atoms with Crippen molar-refractivity contribution in [3.05, 3.63) is 47.3 Å². The molecular formula is C21H30N4O. The molecule has 140 valence electrons. The maximum atomic E-state index is 13.2. The van der Waals surface area contributed by atoms with Crippen LogP contribution in [0.5, 0.6) is 0 Å². The molecule has 1 aromatic carbocycles. The van der Waals surface area contributed by atoms with Crippen molar-refractivity contribution in [3.8, 4) is 5.69 Å². The predicted molar refractivity (Wildman–Crippen MR) is 105 cm³/mol.